The van der Waals surface area contributed by atoms with Crippen LogP contribution in [0.25, 0.3) is 0 Å². The molecule has 2 aromatic carbocycles. The lowest BCUT2D eigenvalue weighted by Crippen LogP contribution is -2.42. The molecule has 1 heterocycles. The average molecular weight is 436 g/mol. The van der Waals surface area contributed by atoms with E-state index in [9.17, 15) is 20.7 Å². The molecular formula is C14H8Cl2FN3O4S2. The number of rotatable bonds is 3. The predicted molar refractivity (Wildman–Crippen MR) is 96.8 cm³/mol. The van der Waals surface area contributed by atoms with Gasteiger partial charge in [-0.25, -0.2) is 4.99 Å². The molecule has 0 amide bonds. The van der Waals surface area contributed by atoms with Gasteiger partial charge in [0.05, 0.1) is 0 Å². The Kier molecular flexibility index (Phi) is 4.78. The monoisotopic (exact) mass is 435 g/mol. The van der Waals surface area contributed by atoms with E-state index in [1.54, 1.807) is 0 Å². The maximum absolute atomic E-state index is 13.7. The molecule has 0 unspecified atom stereocenters. The largest absolute Gasteiger partial charge is 0.415 e. The van der Waals surface area contributed by atoms with Gasteiger partial charge in [-0.3, -0.25) is 0 Å². The van der Waals surface area contributed by atoms with E-state index in [1.165, 1.54) is 48.5 Å². The molecule has 0 fully saturated rings. The number of benzene rings is 2. The Morgan fingerprint density at radius 3 is 1.81 bits per heavy atom. The van der Waals surface area contributed by atoms with Gasteiger partial charge < -0.3 is 0 Å². The zero-order valence-electron chi connectivity index (χ0n) is 12.5. The lowest BCUT2D eigenvalue weighted by molar-refractivity contribution is 0.512. The first-order valence-corrected chi connectivity index (χ1v) is 10.3. The molecule has 0 aromatic heterocycles. The molecule has 0 saturated carbocycles. The first-order chi connectivity index (χ1) is 12.1. The molecular weight excluding hydrogens is 428 g/mol. The molecule has 136 valence electrons. The van der Waals surface area contributed by atoms with E-state index in [4.69, 9.17) is 23.2 Å². The van der Waals surface area contributed by atoms with Crippen molar-refractivity contribution in [1.29, 1.82) is 0 Å². The highest BCUT2D eigenvalue weighted by atomic mass is 35.5. The Labute approximate surface area is 158 Å². The van der Waals surface area contributed by atoms with Crippen molar-refractivity contribution in [3.05, 3.63) is 69.7 Å². The van der Waals surface area contributed by atoms with E-state index in [-0.39, 0.29) is 17.0 Å². The second-order valence-corrected chi connectivity index (χ2v) is 8.72. The van der Waals surface area contributed by atoms with Crippen LogP contribution in [-0.2, 0) is 20.6 Å². The van der Waals surface area contributed by atoms with Crippen LogP contribution in [0.5, 0.6) is 0 Å². The van der Waals surface area contributed by atoms with Gasteiger partial charge in [0, 0.05) is 21.2 Å². The van der Waals surface area contributed by atoms with Crippen molar-refractivity contribution in [2.45, 2.75) is 0 Å². The molecule has 0 spiro atoms. The van der Waals surface area contributed by atoms with Gasteiger partial charge >= 0.3 is 20.6 Å². The van der Waals surface area contributed by atoms with Crippen LogP contribution < -0.4 is 0 Å². The number of amidine groups is 2. The Morgan fingerprint density at radius 2 is 1.35 bits per heavy atom. The molecule has 0 saturated heterocycles. The predicted octanol–water partition coefficient (Wildman–Crippen LogP) is 2.96. The van der Waals surface area contributed by atoms with E-state index >= 15 is 0 Å². The van der Waals surface area contributed by atoms with Crippen LogP contribution in [0.4, 0.5) is 3.89 Å². The molecule has 0 radical (unpaired) electrons. The molecule has 0 N–H and O–H groups in total. The summed E-state index contributed by atoms with van der Waals surface area (Å²) in [6, 6.07) is 11.2. The fourth-order valence-electron chi connectivity index (χ4n) is 2.12. The van der Waals surface area contributed by atoms with Crippen LogP contribution in [0.15, 0.2) is 57.9 Å². The van der Waals surface area contributed by atoms with Gasteiger partial charge in [-0.1, -0.05) is 30.8 Å². The third kappa shape index (κ3) is 3.73. The number of halogens is 3. The van der Waals surface area contributed by atoms with Gasteiger partial charge in [-0.05, 0) is 48.5 Å². The second-order valence-electron chi connectivity index (χ2n) is 4.98. The van der Waals surface area contributed by atoms with E-state index in [0.29, 0.717) is 10.0 Å². The van der Waals surface area contributed by atoms with Gasteiger partial charge in [0.15, 0.2) is 11.7 Å². The van der Waals surface area contributed by atoms with Gasteiger partial charge in [0.25, 0.3) is 0 Å². The standard InChI is InChI=1S/C14H8Cl2FN3O4S2/c15-11-5-1-9(2-6-11)13-18-14(10-3-7-12(16)8-4-10)20(25(17,21)22)26(23,24)19-13/h1-8H. The maximum Gasteiger partial charge on any atom is 0.415 e. The zero-order valence-corrected chi connectivity index (χ0v) is 15.7. The Morgan fingerprint density at radius 1 is 0.885 bits per heavy atom. The summed E-state index contributed by atoms with van der Waals surface area (Å²) >= 11 is 11.6. The van der Waals surface area contributed by atoms with Crippen LogP contribution in [0, 0.1) is 0 Å². The quantitative estimate of drug-likeness (QED) is 0.692. The van der Waals surface area contributed by atoms with Crippen LogP contribution in [-0.4, -0.2) is 32.2 Å². The zero-order chi connectivity index (χ0) is 19.1. The molecule has 1 aliphatic rings. The number of hydrogen-bond acceptors (Lipinski definition) is 5. The normalized spacial score (nSPS) is 16.8. The molecule has 7 nitrogen and oxygen atoms in total. The summed E-state index contributed by atoms with van der Waals surface area (Å²) in [4.78, 5) is 3.93. The van der Waals surface area contributed by atoms with Gasteiger partial charge in [-0.15, -0.1) is 4.40 Å². The summed E-state index contributed by atoms with van der Waals surface area (Å²) in [6.07, 6.45) is 0. The van der Waals surface area contributed by atoms with E-state index in [0.717, 1.165) is 0 Å². The Balaban J connectivity index is 2.25. The van der Waals surface area contributed by atoms with E-state index in [1.807, 2.05) is 0 Å². The van der Waals surface area contributed by atoms with Crippen molar-refractivity contribution < 1.29 is 20.7 Å². The van der Waals surface area contributed by atoms with Crippen LogP contribution in [0.1, 0.15) is 11.1 Å². The number of nitrogens with zero attached hydrogens (tertiary/aromatic N) is 3. The third-order valence-electron chi connectivity index (χ3n) is 3.20. The lowest BCUT2D eigenvalue weighted by atomic mass is 10.2. The second kappa shape index (κ2) is 6.62. The third-order valence-corrected chi connectivity index (χ3v) is 6.37. The van der Waals surface area contributed by atoms with Gasteiger partial charge in [0.1, 0.15) is 0 Å². The van der Waals surface area contributed by atoms with Gasteiger partial charge in [-0.2, -0.15) is 16.8 Å². The molecule has 26 heavy (non-hydrogen) atoms. The van der Waals surface area contributed by atoms with E-state index in [2.05, 4.69) is 9.39 Å². The van der Waals surface area contributed by atoms with Crippen LogP contribution in [0.3, 0.4) is 0 Å². The van der Waals surface area contributed by atoms with Crippen molar-refractivity contribution in [1.82, 2.24) is 3.71 Å². The Hall–Kier alpha value is -2.01. The molecule has 0 atom stereocenters. The topological polar surface area (TPSA) is 96.2 Å². The minimum absolute atomic E-state index is 0.0144. The minimum atomic E-state index is -5.70. The Bertz CT molecular complexity index is 1130. The lowest BCUT2D eigenvalue weighted by Gasteiger charge is -2.22. The van der Waals surface area contributed by atoms with Crippen molar-refractivity contribution in [3.8, 4) is 0 Å². The summed E-state index contributed by atoms with van der Waals surface area (Å²) in [5, 5.41) is 0.706. The van der Waals surface area contributed by atoms with Crippen molar-refractivity contribution in [2.75, 3.05) is 0 Å². The fourth-order valence-corrected chi connectivity index (χ4v) is 4.53. The van der Waals surface area contributed by atoms with E-state index < -0.39 is 30.2 Å². The molecule has 12 heteroatoms. The minimum Gasteiger partial charge on any atom is -0.207 e. The van der Waals surface area contributed by atoms with Crippen molar-refractivity contribution in [3.63, 3.8) is 0 Å². The first kappa shape index (κ1) is 18.8. The number of hydrogen-bond donors (Lipinski definition) is 0. The molecule has 1 aliphatic heterocycles. The fraction of sp³-hybridized carbons (Fsp3) is 0. The highest BCUT2D eigenvalue weighted by molar-refractivity contribution is 8.02. The number of aliphatic imine (C=N–C) groups is 1. The summed E-state index contributed by atoms with van der Waals surface area (Å²) in [6.45, 7) is 0. The van der Waals surface area contributed by atoms with Crippen molar-refractivity contribution in [2.24, 2.45) is 9.39 Å². The molecule has 3 rings (SSSR count). The van der Waals surface area contributed by atoms with Crippen LogP contribution >= 0.6 is 23.2 Å². The van der Waals surface area contributed by atoms with Crippen LogP contribution in [0.2, 0.25) is 10.0 Å². The smallest absolute Gasteiger partial charge is 0.207 e. The summed E-state index contributed by atoms with van der Waals surface area (Å²) in [7, 11) is -10.6. The first-order valence-electron chi connectivity index (χ1n) is 6.78. The summed E-state index contributed by atoms with van der Waals surface area (Å²) < 4.78 is 64.0. The van der Waals surface area contributed by atoms with Gasteiger partial charge in [0.2, 0.25) is 0 Å². The average Bonchev–Trinajstić information content (AvgIpc) is 2.53. The highest BCUT2D eigenvalue weighted by Gasteiger charge is 2.41. The maximum atomic E-state index is 13.7. The highest BCUT2D eigenvalue weighted by Crippen LogP contribution is 2.25. The molecule has 0 aliphatic carbocycles. The molecule has 0 bridgehead atoms. The molecule has 2 aromatic rings. The van der Waals surface area contributed by atoms with Crippen molar-refractivity contribution >= 4 is 55.5 Å². The summed E-state index contributed by atoms with van der Waals surface area (Å²) in [5.41, 5.74) is 0.265. The summed E-state index contributed by atoms with van der Waals surface area (Å²) in [5.74, 6) is -0.976. The SMILES string of the molecule is O=S(=O)(F)N1C(c2ccc(Cl)cc2)=NC(c2ccc(Cl)cc2)=NS1(=O)=O.